The van der Waals surface area contributed by atoms with Crippen molar-refractivity contribution in [3.05, 3.63) is 0 Å². The van der Waals surface area contributed by atoms with Crippen molar-refractivity contribution in [2.45, 2.75) is 39.2 Å². The van der Waals surface area contributed by atoms with E-state index in [4.69, 9.17) is 12.2 Å². The molecule has 1 heterocycles. The largest absolute Gasteiger partial charge is 0.358 e. The van der Waals surface area contributed by atoms with Crippen molar-refractivity contribution in [1.82, 2.24) is 15.5 Å². The van der Waals surface area contributed by atoms with Gasteiger partial charge >= 0.3 is 0 Å². The molecule has 0 bridgehead atoms. The number of carbonyl (C=O) groups excluding carboxylic acids is 2. The van der Waals surface area contributed by atoms with Crippen molar-refractivity contribution in [1.29, 1.82) is 0 Å². The van der Waals surface area contributed by atoms with E-state index in [1.807, 2.05) is 20.8 Å². The fraction of sp³-hybridized carbons (Fsp3) is 0.727. The zero-order chi connectivity index (χ0) is 13.1. The molecule has 5 nitrogen and oxygen atoms in total. The number of hydrogen-bond donors (Lipinski definition) is 2. The minimum atomic E-state index is -0.248. The van der Waals surface area contributed by atoms with Gasteiger partial charge in [-0.1, -0.05) is 0 Å². The Morgan fingerprint density at radius 1 is 1.47 bits per heavy atom. The number of nitrogens with zero attached hydrogens (tertiary/aromatic N) is 1. The second-order valence-corrected chi connectivity index (χ2v) is 5.58. The maximum absolute atomic E-state index is 11.6. The van der Waals surface area contributed by atoms with Gasteiger partial charge < -0.3 is 15.5 Å². The van der Waals surface area contributed by atoms with Gasteiger partial charge in [0.05, 0.1) is 6.54 Å². The lowest BCUT2D eigenvalue weighted by atomic mass is 10.1. The Hall–Kier alpha value is -1.17. The number of likely N-dealkylation sites (tertiary alicyclic amines) is 1. The van der Waals surface area contributed by atoms with Gasteiger partial charge in [-0.15, -0.1) is 0 Å². The fourth-order valence-electron chi connectivity index (χ4n) is 1.58. The fourth-order valence-corrected chi connectivity index (χ4v) is 2.00. The summed E-state index contributed by atoms with van der Waals surface area (Å²) in [4.78, 5) is 24.5. The van der Waals surface area contributed by atoms with E-state index < -0.39 is 0 Å². The van der Waals surface area contributed by atoms with Crippen LogP contribution in [0, 0.1) is 0 Å². The molecule has 0 saturated carbocycles. The summed E-state index contributed by atoms with van der Waals surface area (Å²) >= 11 is 5.00. The molecule has 6 heteroatoms. The van der Waals surface area contributed by atoms with Crippen LogP contribution in [-0.2, 0) is 9.59 Å². The predicted octanol–water partition coefficient (Wildman–Crippen LogP) is 0.398. The number of amides is 2. The predicted molar refractivity (Wildman–Crippen MR) is 69.4 cm³/mol. The molecule has 2 amide bonds. The second kappa shape index (κ2) is 5.44. The van der Waals surface area contributed by atoms with Crippen molar-refractivity contribution in [3.8, 4) is 0 Å². The number of rotatable bonds is 2. The van der Waals surface area contributed by atoms with Crippen molar-refractivity contribution < 1.29 is 9.59 Å². The lowest BCUT2D eigenvalue weighted by molar-refractivity contribution is -0.132. The third-order valence-electron chi connectivity index (χ3n) is 2.25. The highest BCUT2D eigenvalue weighted by molar-refractivity contribution is 7.80. The molecule has 0 atom stereocenters. The summed E-state index contributed by atoms with van der Waals surface area (Å²) in [6, 6.07) is 0. The summed E-state index contributed by atoms with van der Waals surface area (Å²) in [6.45, 7) is 6.61. The molecule has 0 spiro atoms. The molecule has 96 valence electrons. The van der Waals surface area contributed by atoms with Crippen LogP contribution < -0.4 is 10.6 Å². The van der Waals surface area contributed by atoms with E-state index in [9.17, 15) is 9.59 Å². The standard InChI is InChI=1S/C11H19N3O2S/c1-11(2,3)13-10(17)12-8(15)7-14-6-4-5-9(14)16/h4-7H2,1-3H3,(H2,12,13,15,17). The Bertz CT molecular complexity index is 336. The molecular formula is C11H19N3O2S. The number of nitrogens with one attached hydrogen (secondary N) is 2. The topological polar surface area (TPSA) is 61.4 Å². The number of carbonyl (C=O) groups is 2. The van der Waals surface area contributed by atoms with Gasteiger partial charge in [0.25, 0.3) is 0 Å². The number of thiocarbonyl (C=S) groups is 1. The van der Waals surface area contributed by atoms with Gasteiger partial charge in [-0.2, -0.15) is 0 Å². The molecule has 0 aromatic rings. The maximum atomic E-state index is 11.6. The van der Waals surface area contributed by atoms with E-state index in [2.05, 4.69) is 10.6 Å². The quantitative estimate of drug-likeness (QED) is 0.703. The molecule has 1 saturated heterocycles. The summed E-state index contributed by atoms with van der Waals surface area (Å²) in [7, 11) is 0. The maximum Gasteiger partial charge on any atom is 0.245 e. The van der Waals surface area contributed by atoms with Crippen LogP contribution >= 0.6 is 12.2 Å². The van der Waals surface area contributed by atoms with Crippen LogP contribution in [-0.4, -0.2) is 40.5 Å². The molecule has 1 fully saturated rings. The summed E-state index contributed by atoms with van der Waals surface area (Å²) in [5.41, 5.74) is -0.187. The van der Waals surface area contributed by atoms with Crippen molar-refractivity contribution in [2.24, 2.45) is 0 Å². The zero-order valence-electron chi connectivity index (χ0n) is 10.5. The van der Waals surface area contributed by atoms with Gasteiger partial charge in [0.2, 0.25) is 11.8 Å². The zero-order valence-corrected chi connectivity index (χ0v) is 11.3. The van der Waals surface area contributed by atoms with Crippen molar-refractivity contribution in [2.75, 3.05) is 13.1 Å². The van der Waals surface area contributed by atoms with Crippen molar-refractivity contribution in [3.63, 3.8) is 0 Å². The highest BCUT2D eigenvalue weighted by Crippen LogP contribution is 2.08. The SMILES string of the molecule is CC(C)(C)NC(=S)NC(=O)CN1CCCC1=O. The first-order valence-electron chi connectivity index (χ1n) is 5.68. The van der Waals surface area contributed by atoms with Gasteiger partial charge in [0.15, 0.2) is 5.11 Å². The summed E-state index contributed by atoms with van der Waals surface area (Å²) in [5, 5.41) is 5.85. The molecular weight excluding hydrogens is 238 g/mol. The molecule has 1 aliphatic rings. The second-order valence-electron chi connectivity index (χ2n) is 5.17. The highest BCUT2D eigenvalue weighted by Gasteiger charge is 2.23. The Kier molecular flexibility index (Phi) is 4.45. The summed E-state index contributed by atoms with van der Waals surface area (Å²) < 4.78 is 0. The van der Waals surface area contributed by atoms with Crippen LogP contribution in [0.4, 0.5) is 0 Å². The average Bonchev–Trinajstić information content (AvgIpc) is 2.47. The van der Waals surface area contributed by atoms with E-state index >= 15 is 0 Å². The molecule has 0 unspecified atom stereocenters. The molecule has 1 aliphatic heterocycles. The first kappa shape index (κ1) is 13.9. The molecule has 0 radical (unpaired) electrons. The molecule has 0 aliphatic carbocycles. The third-order valence-corrected chi connectivity index (χ3v) is 2.45. The van der Waals surface area contributed by atoms with Gasteiger partial charge in [-0.3, -0.25) is 9.59 Å². The monoisotopic (exact) mass is 257 g/mol. The Morgan fingerprint density at radius 3 is 2.59 bits per heavy atom. The molecule has 0 aromatic heterocycles. The van der Waals surface area contributed by atoms with Crippen LogP contribution in [0.3, 0.4) is 0 Å². The van der Waals surface area contributed by atoms with Crippen LogP contribution in [0.5, 0.6) is 0 Å². The first-order valence-corrected chi connectivity index (χ1v) is 6.08. The van der Waals surface area contributed by atoms with Crippen molar-refractivity contribution >= 4 is 29.1 Å². The van der Waals surface area contributed by atoms with Crippen LogP contribution in [0.2, 0.25) is 0 Å². The Morgan fingerprint density at radius 2 is 2.12 bits per heavy atom. The summed E-state index contributed by atoms with van der Waals surface area (Å²) in [6.07, 6.45) is 1.37. The van der Waals surface area contributed by atoms with Gasteiger partial charge in [0, 0.05) is 18.5 Å². The van der Waals surface area contributed by atoms with Gasteiger partial charge in [-0.25, -0.2) is 0 Å². The van der Waals surface area contributed by atoms with Gasteiger partial charge in [-0.05, 0) is 39.4 Å². The van der Waals surface area contributed by atoms with E-state index in [0.29, 0.717) is 18.1 Å². The van der Waals surface area contributed by atoms with E-state index in [0.717, 1.165) is 6.42 Å². The lowest BCUT2D eigenvalue weighted by Crippen LogP contribution is -2.50. The number of hydrogen-bond acceptors (Lipinski definition) is 3. The first-order chi connectivity index (χ1) is 7.78. The minimum Gasteiger partial charge on any atom is -0.358 e. The van der Waals surface area contributed by atoms with Crippen LogP contribution in [0.25, 0.3) is 0 Å². The molecule has 2 N–H and O–H groups in total. The van der Waals surface area contributed by atoms with Crippen LogP contribution in [0.1, 0.15) is 33.6 Å². The highest BCUT2D eigenvalue weighted by atomic mass is 32.1. The van der Waals surface area contributed by atoms with E-state index in [1.54, 1.807) is 4.90 Å². The van der Waals surface area contributed by atoms with Crippen LogP contribution in [0.15, 0.2) is 0 Å². The third kappa shape index (κ3) is 5.12. The average molecular weight is 257 g/mol. The molecule has 17 heavy (non-hydrogen) atoms. The molecule has 1 rings (SSSR count). The van der Waals surface area contributed by atoms with Gasteiger partial charge in [0.1, 0.15) is 0 Å². The smallest absolute Gasteiger partial charge is 0.245 e. The van der Waals surface area contributed by atoms with E-state index in [-0.39, 0.29) is 23.9 Å². The Labute approximate surface area is 107 Å². The minimum absolute atomic E-state index is 0.0369. The normalized spacial score (nSPS) is 15.9. The lowest BCUT2D eigenvalue weighted by Gasteiger charge is -2.23. The summed E-state index contributed by atoms with van der Waals surface area (Å²) in [5.74, 6) is -0.211. The Balaban J connectivity index is 2.34. The molecule has 0 aromatic carbocycles. The van der Waals surface area contributed by atoms with E-state index in [1.165, 1.54) is 0 Å².